The summed E-state index contributed by atoms with van der Waals surface area (Å²) in [6.07, 6.45) is 0. The summed E-state index contributed by atoms with van der Waals surface area (Å²) in [4.78, 5) is 0. The van der Waals surface area contributed by atoms with Crippen LogP contribution < -0.4 is 0 Å². The van der Waals surface area contributed by atoms with E-state index < -0.39 is 5.60 Å². The Balaban J connectivity index is 2.70. The average molecular weight is 145 g/mol. The van der Waals surface area contributed by atoms with Crippen LogP contribution in [0, 0.1) is 0 Å². The summed E-state index contributed by atoms with van der Waals surface area (Å²) in [6.45, 7) is 4.59. The Hall–Kier alpha value is -0.770. The van der Waals surface area contributed by atoms with Crippen LogP contribution in [-0.2, 0) is 9.47 Å². The van der Waals surface area contributed by atoms with E-state index in [1.54, 1.807) is 13.8 Å². The maximum atomic E-state index is 8.41. The summed E-state index contributed by atoms with van der Waals surface area (Å²) in [5, 5.41) is 11.4. The smallest absolute Gasteiger partial charge is 0.257 e. The van der Waals surface area contributed by atoms with E-state index in [2.05, 4.69) is 5.16 Å². The van der Waals surface area contributed by atoms with E-state index in [0.717, 1.165) is 0 Å². The minimum absolute atomic E-state index is 0.249. The van der Waals surface area contributed by atoms with Gasteiger partial charge in [0.1, 0.15) is 12.2 Å². The fraction of sp³-hybridized carbons (Fsp3) is 0.833. The van der Waals surface area contributed by atoms with Crippen LogP contribution in [0.15, 0.2) is 5.16 Å². The molecule has 1 aliphatic rings. The first-order valence-corrected chi connectivity index (χ1v) is 3.16. The van der Waals surface area contributed by atoms with E-state index in [1.807, 2.05) is 0 Å². The van der Waals surface area contributed by atoms with Gasteiger partial charge in [-0.15, -0.1) is 0 Å². The molecule has 1 rings (SSSR count). The predicted octanol–water partition coefficient (Wildman–Crippen LogP) is 0.599. The third-order valence-corrected chi connectivity index (χ3v) is 1.39. The van der Waals surface area contributed by atoms with Crippen LogP contribution in [-0.4, -0.2) is 29.9 Å². The van der Waals surface area contributed by atoms with Crippen molar-refractivity contribution >= 4 is 5.90 Å². The summed E-state index contributed by atoms with van der Waals surface area (Å²) in [7, 11) is 0. The lowest BCUT2D eigenvalue weighted by Gasteiger charge is -2.29. The first kappa shape index (κ1) is 7.34. The maximum absolute atomic E-state index is 8.41. The molecular formula is C6H11NO3. The Labute approximate surface area is 59.4 Å². The summed E-state index contributed by atoms with van der Waals surface area (Å²) in [6, 6.07) is 0. The van der Waals surface area contributed by atoms with Crippen molar-refractivity contribution in [2.75, 3.05) is 13.2 Å². The van der Waals surface area contributed by atoms with Crippen LogP contribution >= 0.6 is 0 Å². The fourth-order valence-corrected chi connectivity index (χ4v) is 0.820. The molecule has 0 saturated carbocycles. The van der Waals surface area contributed by atoms with Crippen molar-refractivity contribution < 1.29 is 14.7 Å². The molecule has 0 aromatic heterocycles. The lowest BCUT2D eigenvalue weighted by molar-refractivity contribution is -0.0400. The SMILES string of the molecule is CC1(C)OCCOC1=NO. The average Bonchev–Trinajstić information content (AvgIpc) is 1.87. The van der Waals surface area contributed by atoms with Crippen molar-refractivity contribution in [1.82, 2.24) is 0 Å². The molecule has 58 valence electrons. The molecule has 0 bridgehead atoms. The molecule has 1 heterocycles. The van der Waals surface area contributed by atoms with Crippen LogP contribution in [0.1, 0.15) is 13.8 Å². The fourth-order valence-electron chi connectivity index (χ4n) is 0.820. The van der Waals surface area contributed by atoms with E-state index in [4.69, 9.17) is 14.7 Å². The molecule has 0 aromatic carbocycles. The van der Waals surface area contributed by atoms with Gasteiger partial charge in [0.2, 0.25) is 0 Å². The topological polar surface area (TPSA) is 51.0 Å². The molecule has 0 spiro atoms. The lowest BCUT2D eigenvalue weighted by atomic mass is 10.1. The highest BCUT2D eigenvalue weighted by atomic mass is 16.6. The van der Waals surface area contributed by atoms with Crippen molar-refractivity contribution in [2.24, 2.45) is 5.16 Å². The van der Waals surface area contributed by atoms with Crippen LogP contribution in [0.2, 0.25) is 0 Å². The van der Waals surface area contributed by atoms with Crippen molar-refractivity contribution in [3.8, 4) is 0 Å². The van der Waals surface area contributed by atoms with Crippen molar-refractivity contribution in [3.05, 3.63) is 0 Å². The second kappa shape index (κ2) is 2.46. The third-order valence-electron chi connectivity index (χ3n) is 1.39. The Morgan fingerprint density at radius 2 is 2.20 bits per heavy atom. The quantitative estimate of drug-likeness (QED) is 0.401. The van der Waals surface area contributed by atoms with Crippen molar-refractivity contribution in [1.29, 1.82) is 0 Å². The molecule has 0 aliphatic carbocycles. The monoisotopic (exact) mass is 145 g/mol. The number of oxime groups is 1. The first-order chi connectivity index (χ1) is 4.67. The molecule has 0 radical (unpaired) electrons. The molecule has 1 saturated heterocycles. The molecule has 0 atom stereocenters. The van der Waals surface area contributed by atoms with Crippen molar-refractivity contribution in [2.45, 2.75) is 19.4 Å². The number of hydrogen-bond acceptors (Lipinski definition) is 4. The lowest BCUT2D eigenvalue weighted by Crippen LogP contribution is -2.42. The van der Waals surface area contributed by atoms with E-state index >= 15 is 0 Å². The number of nitrogens with zero attached hydrogens (tertiary/aromatic N) is 1. The molecule has 0 amide bonds. The standard InChI is InChI=1S/C6H11NO3/c1-6(2)5(7-8)9-3-4-10-6/h8H,3-4H2,1-2H3. The van der Waals surface area contributed by atoms with E-state index in [0.29, 0.717) is 13.2 Å². The molecule has 4 heteroatoms. The van der Waals surface area contributed by atoms with Crippen LogP contribution in [0.25, 0.3) is 0 Å². The zero-order valence-electron chi connectivity index (χ0n) is 6.13. The van der Waals surface area contributed by atoms with Gasteiger partial charge >= 0.3 is 0 Å². The van der Waals surface area contributed by atoms with Gasteiger partial charge in [0.05, 0.1) is 6.61 Å². The minimum atomic E-state index is -0.576. The van der Waals surface area contributed by atoms with Gasteiger partial charge in [0.15, 0.2) is 0 Å². The molecular weight excluding hydrogens is 134 g/mol. The highest BCUT2D eigenvalue weighted by Gasteiger charge is 2.31. The summed E-state index contributed by atoms with van der Waals surface area (Å²) < 4.78 is 10.3. The summed E-state index contributed by atoms with van der Waals surface area (Å²) in [5.41, 5.74) is -0.576. The second-order valence-corrected chi connectivity index (χ2v) is 2.61. The molecule has 1 fully saturated rings. The second-order valence-electron chi connectivity index (χ2n) is 2.61. The van der Waals surface area contributed by atoms with Gasteiger partial charge in [-0.25, -0.2) is 0 Å². The van der Waals surface area contributed by atoms with Gasteiger partial charge in [-0.05, 0) is 13.8 Å². The number of rotatable bonds is 0. The first-order valence-electron chi connectivity index (χ1n) is 3.16. The van der Waals surface area contributed by atoms with E-state index in [1.165, 1.54) is 0 Å². The zero-order chi connectivity index (χ0) is 7.61. The van der Waals surface area contributed by atoms with Gasteiger partial charge in [-0.3, -0.25) is 0 Å². The maximum Gasteiger partial charge on any atom is 0.257 e. The van der Waals surface area contributed by atoms with Gasteiger partial charge in [0.25, 0.3) is 5.90 Å². The van der Waals surface area contributed by atoms with Gasteiger partial charge in [-0.1, -0.05) is 5.16 Å². The highest BCUT2D eigenvalue weighted by molar-refractivity contribution is 5.84. The molecule has 4 nitrogen and oxygen atoms in total. The van der Waals surface area contributed by atoms with Gasteiger partial charge in [-0.2, -0.15) is 0 Å². The Morgan fingerprint density at radius 3 is 2.60 bits per heavy atom. The Morgan fingerprint density at radius 1 is 1.50 bits per heavy atom. The number of hydrogen-bond donors (Lipinski definition) is 1. The Bertz CT molecular complexity index is 153. The summed E-state index contributed by atoms with van der Waals surface area (Å²) >= 11 is 0. The molecule has 1 N–H and O–H groups in total. The normalized spacial score (nSPS) is 28.0. The predicted molar refractivity (Wildman–Crippen MR) is 35.2 cm³/mol. The van der Waals surface area contributed by atoms with Gasteiger partial charge < -0.3 is 14.7 Å². The molecule has 1 aliphatic heterocycles. The third kappa shape index (κ3) is 1.21. The largest absolute Gasteiger partial charge is 0.474 e. The van der Waals surface area contributed by atoms with Crippen molar-refractivity contribution in [3.63, 3.8) is 0 Å². The number of ether oxygens (including phenoxy) is 2. The van der Waals surface area contributed by atoms with Gasteiger partial charge in [0, 0.05) is 0 Å². The Kier molecular flexibility index (Phi) is 1.80. The minimum Gasteiger partial charge on any atom is -0.474 e. The highest BCUT2D eigenvalue weighted by Crippen LogP contribution is 2.16. The van der Waals surface area contributed by atoms with E-state index in [-0.39, 0.29) is 5.90 Å². The van der Waals surface area contributed by atoms with Crippen LogP contribution in [0.4, 0.5) is 0 Å². The molecule has 0 aromatic rings. The molecule has 10 heavy (non-hydrogen) atoms. The molecule has 0 unspecified atom stereocenters. The van der Waals surface area contributed by atoms with E-state index in [9.17, 15) is 0 Å². The zero-order valence-corrected chi connectivity index (χ0v) is 6.13. The summed E-state index contributed by atoms with van der Waals surface area (Å²) in [5.74, 6) is 0.249. The van der Waals surface area contributed by atoms with Crippen LogP contribution in [0.3, 0.4) is 0 Å². The van der Waals surface area contributed by atoms with Crippen LogP contribution in [0.5, 0.6) is 0 Å².